The van der Waals surface area contributed by atoms with Crippen molar-refractivity contribution in [3.8, 4) is 0 Å². The zero-order chi connectivity index (χ0) is 17.5. The van der Waals surface area contributed by atoms with E-state index < -0.39 is 0 Å². The second-order valence-electron chi connectivity index (χ2n) is 5.42. The van der Waals surface area contributed by atoms with Crippen LogP contribution in [-0.4, -0.2) is 60.9 Å². The molecular formula is C16H23ClIN5O2. The number of nitrogens with one attached hydrogen (secondary N) is 2. The van der Waals surface area contributed by atoms with Gasteiger partial charge in [-0.1, -0.05) is 23.7 Å². The molecule has 0 atom stereocenters. The third kappa shape index (κ3) is 6.35. The number of aliphatic imine (C=N–C) groups is 1. The van der Waals surface area contributed by atoms with Crippen molar-refractivity contribution in [3.63, 3.8) is 0 Å². The fraction of sp³-hybridized carbons (Fsp3) is 0.438. The van der Waals surface area contributed by atoms with Crippen molar-refractivity contribution in [1.82, 2.24) is 20.4 Å². The number of hydrogen-bond donors (Lipinski definition) is 2. The average molecular weight is 480 g/mol. The summed E-state index contributed by atoms with van der Waals surface area (Å²) in [5.41, 5.74) is 1.11. The number of benzene rings is 1. The van der Waals surface area contributed by atoms with Crippen LogP contribution in [0.2, 0.25) is 5.02 Å². The molecule has 1 fully saturated rings. The van der Waals surface area contributed by atoms with Gasteiger partial charge in [-0.2, -0.15) is 0 Å². The standard InChI is InChI=1S/C16H22ClN5O2.HI/c1-3-18-15(19-8-9-22-14(23)10-20-16(22)24)21(2)11-12-4-6-13(17)7-5-12;/h4-7H,3,8-11H2,1-2H3,(H,18,19)(H,20,24);1H. The number of halogens is 2. The lowest BCUT2D eigenvalue weighted by Gasteiger charge is -2.22. The maximum atomic E-state index is 11.5. The van der Waals surface area contributed by atoms with Gasteiger partial charge in [0.1, 0.15) is 0 Å². The monoisotopic (exact) mass is 479 g/mol. The van der Waals surface area contributed by atoms with E-state index in [-0.39, 0.29) is 49.0 Å². The van der Waals surface area contributed by atoms with Crippen molar-refractivity contribution in [1.29, 1.82) is 0 Å². The Hall–Kier alpha value is -1.55. The summed E-state index contributed by atoms with van der Waals surface area (Å²) < 4.78 is 0. The summed E-state index contributed by atoms with van der Waals surface area (Å²) in [6.45, 7) is 4.09. The molecular weight excluding hydrogens is 457 g/mol. The molecule has 9 heteroatoms. The number of nitrogens with zero attached hydrogens (tertiary/aromatic N) is 3. The highest BCUT2D eigenvalue weighted by molar-refractivity contribution is 14.0. The van der Waals surface area contributed by atoms with Crippen LogP contribution in [0.25, 0.3) is 0 Å². The number of guanidine groups is 1. The summed E-state index contributed by atoms with van der Waals surface area (Å²) in [5, 5.41) is 6.41. The van der Waals surface area contributed by atoms with Crippen LogP contribution in [0.1, 0.15) is 12.5 Å². The Balaban J connectivity index is 0.00000312. The first kappa shape index (κ1) is 21.5. The summed E-state index contributed by atoms with van der Waals surface area (Å²) in [6, 6.07) is 7.29. The van der Waals surface area contributed by atoms with Crippen molar-refractivity contribution >= 4 is 53.5 Å². The minimum atomic E-state index is -0.352. The second kappa shape index (κ2) is 10.4. The molecule has 3 amide bonds. The van der Waals surface area contributed by atoms with Gasteiger partial charge in [0.15, 0.2) is 5.96 Å². The first-order valence-corrected chi connectivity index (χ1v) is 8.21. The lowest BCUT2D eigenvalue weighted by Crippen LogP contribution is -2.39. The van der Waals surface area contributed by atoms with E-state index in [9.17, 15) is 9.59 Å². The Bertz CT molecular complexity index is 607. The fourth-order valence-corrected chi connectivity index (χ4v) is 2.47. The largest absolute Gasteiger partial charge is 0.357 e. The van der Waals surface area contributed by atoms with E-state index in [0.717, 1.165) is 18.1 Å². The summed E-state index contributed by atoms with van der Waals surface area (Å²) in [6.07, 6.45) is 0. The van der Waals surface area contributed by atoms with Crippen molar-refractivity contribution < 1.29 is 9.59 Å². The lowest BCUT2D eigenvalue weighted by atomic mass is 10.2. The first-order chi connectivity index (χ1) is 11.5. The van der Waals surface area contributed by atoms with E-state index >= 15 is 0 Å². The molecule has 1 aliphatic rings. The van der Waals surface area contributed by atoms with E-state index in [4.69, 9.17) is 11.6 Å². The van der Waals surface area contributed by atoms with Gasteiger partial charge in [0, 0.05) is 25.2 Å². The minimum absolute atomic E-state index is 0. The number of rotatable bonds is 6. The molecule has 0 aromatic heterocycles. The summed E-state index contributed by atoms with van der Waals surface area (Å²) >= 11 is 5.90. The van der Waals surface area contributed by atoms with Gasteiger partial charge >= 0.3 is 6.03 Å². The molecule has 0 saturated carbocycles. The normalized spacial score (nSPS) is 14.2. The predicted octanol–water partition coefficient (Wildman–Crippen LogP) is 1.91. The Morgan fingerprint density at radius 3 is 2.60 bits per heavy atom. The topological polar surface area (TPSA) is 77.0 Å². The highest BCUT2D eigenvalue weighted by Gasteiger charge is 2.27. The van der Waals surface area contributed by atoms with Crippen molar-refractivity contribution in [2.24, 2.45) is 4.99 Å². The molecule has 2 N–H and O–H groups in total. The summed E-state index contributed by atoms with van der Waals surface area (Å²) in [7, 11) is 1.93. The first-order valence-electron chi connectivity index (χ1n) is 7.83. The van der Waals surface area contributed by atoms with E-state index in [1.54, 1.807) is 0 Å². The van der Waals surface area contributed by atoms with Gasteiger partial charge in [-0.15, -0.1) is 24.0 Å². The number of urea groups is 1. The molecule has 2 rings (SSSR count). The third-order valence-electron chi connectivity index (χ3n) is 3.55. The minimum Gasteiger partial charge on any atom is -0.357 e. The zero-order valence-electron chi connectivity index (χ0n) is 14.3. The number of carbonyl (C=O) groups excluding carboxylic acids is 2. The van der Waals surface area contributed by atoms with Crippen molar-refractivity contribution in [2.75, 3.05) is 33.2 Å². The summed E-state index contributed by atoms with van der Waals surface area (Å²) in [4.78, 5) is 30.7. The van der Waals surface area contributed by atoms with Gasteiger partial charge in [0.2, 0.25) is 5.91 Å². The van der Waals surface area contributed by atoms with Crippen LogP contribution in [0.4, 0.5) is 4.79 Å². The molecule has 1 saturated heterocycles. The SMILES string of the molecule is CCNC(=NCCN1C(=O)CNC1=O)N(C)Cc1ccc(Cl)cc1.I. The number of carbonyl (C=O) groups is 2. The molecule has 0 radical (unpaired) electrons. The summed E-state index contributed by atoms with van der Waals surface area (Å²) in [5.74, 6) is 0.509. The molecule has 138 valence electrons. The highest BCUT2D eigenvalue weighted by atomic mass is 127. The van der Waals surface area contributed by atoms with E-state index in [2.05, 4.69) is 15.6 Å². The lowest BCUT2D eigenvalue weighted by molar-refractivity contribution is -0.124. The highest BCUT2D eigenvalue weighted by Crippen LogP contribution is 2.11. The van der Waals surface area contributed by atoms with E-state index in [1.807, 2.05) is 43.1 Å². The van der Waals surface area contributed by atoms with Crippen LogP contribution in [0, 0.1) is 0 Å². The Kier molecular flexibility index (Phi) is 8.98. The van der Waals surface area contributed by atoms with Gasteiger partial charge in [-0.3, -0.25) is 14.7 Å². The average Bonchev–Trinajstić information content (AvgIpc) is 2.88. The number of hydrogen-bond acceptors (Lipinski definition) is 3. The molecule has 0 unspecified atom stereocenters. The van der Waals surface area contributed by atoms with Gasteiger partial charge in [0.25, 0.3) is 0 Å². The molecule has 1 aromatic carbocycles. The predicted molar refractivity (Wildman–Crippen MR) is 109 cm³/mol. The van der Waals surface area contributed by atoms with Crippen LogP contribution in [0.3, 0.4) is 0 Å². The Morgan fingerprint density at radius 1 is 1.36 bits per heavy atom. The van der Waals surface area contributed by atoms with Crippen LogP contribution in [0.5, 0.6) is 0 Å². The molecule has 0 bridgehead atoms. The van der Waals surface area contributed by atoms with Crippen molar-refractivity contribution in [3.05, 3.63) is 34.9 Å². The second-order valence-corrected chi connectivity index (χ2v) is 5.86. The van der Waals surface area contributed by atoms with Gasteiger partial charge < -0.3 is 15.5 Å². The molecule has 7 nitrogen and oxygen atoms in total. The molecule has 1 heterocycles. The smallest absolute Gasteiger partial charge is 0.324 e. The quantitative estimate of drug-likeness (QED) is 0.283. The van der Waals surface area contributed by atoms with Crippen LogP contribution < -0.4 is 10.6 Å². The van der Waals surface area contributed by atoms with E-state index in [0.29, 0.717) is 18.1 Å². The van der Waals surface area contributed by atoms with Crippen LogP contribution in [0.15, 0.2) is 29.3 Å². The zero-order valence-corrected chi connectivity index (χ0v) is 17.4. The molecule has 0 spiro atoms. The molecule has 25 heavy (non-hydrogen) atoms. The van der Waals surface area contributed by atoms with Crippen LogP contribution >= 0.6 is 35.6 Å². The number of imide groups is 1. The molecule has 1 aliphatic heterocycles. The fourth-order valence-electron chi connectivity index (χ4n) is 2.35. The number of amides is 3. The Labute approximate surface area is 169 Å². The van der Waals surface area contributed by atoms with Gasteiger partial charge in [0.05, 0.1) is 19.6 Å². The van der Waals surface area contributed by atoms with E-state index in [1.165, 1.54) is 4.90 Å². The molecule has 0 aliphatic carbocycles. The third-order valence-corrected chi connectivity index (χ3v) is 3.80. The molecule has 1 aromatic rings. The van der Waals surface area contributed by atoms with Gasteiger partial charge in [-0.25, -0.2) is 4.79 Å². The van der Waals surface area contributed by atoms with Gasteiger partial charge in [-0.05, 0) is 24.6 Å². The van der Waals surface area contributed by atoms with Crippen molar-refractivity contribution in [2.45, 2.75) is 13.5 Å². The maximum Gasteiger partial charge on any atom is 0.324 e. The maximum absolute atomic E-state index is 11.5. The Morgan fingerprint density at radius 2 is 2.04 bits per heavy atom. The van der Waals surface area contributed by atoms with Crippen LogP contribution in [-0.2, 0) is 11.3 Å².